The van der Waals surface area contributed by atoms with Crippen molar-refractivity contribution in [1.29, 1.82) is 0 Å². The second-order valence-electron chi connectivity index (χ2n) is 10.7. The number of aromatic hydroxyl groups is 1. The number of benzene rings is 4. The summed E-state index contributed by atoms with van der Waals surface area (Å²) in [6, 6.07) is 25.1. The molecule has 0 heterocycles. The molecule has 4 aromatic rings. The first-order chi connectivity index (χ1) is 17.2. The fourth-order valence-electron chi connectivity index (χ4n) is 6.93. The van der Waals surface area contributed by atoms with Crippen molar-refractivity contribution < 1.29 is 9.67 Å². The Morgan fingerprint density at radius 1 is 0.629 bits per heavy atom. The van der Waals surface area contributed by atoms with Crippen molar-refractivity contribution >= 4 is 34.0 Å². The molecule has 3 heteroatoms. The molecule has 1 N–H and O–H groups in total. The van der Waals surface area contributed by atoms with Crippen LogP contribution in [-0.2, 0) is 4.57 Å². The third kappa shape index (κ3) is 3.91. The van der Waals surface area contributed by atoms with Gasteiger partial charge in [-0.05, 0) is 58.9 Å². The molecule has 0 saturated heterocycles. The summed E-state index contributed by atoms with van der Waals surface area (Å²) >= 11 is 0. The Kier molecular flexibility index (Phi) is 6.19. The van der Waals surface area contributed by atoms with Gasteiger partial charge in [-0.25, -0.2) is 0 Å². The van der Waals surface area contributed by atoms with Gasteiger partial charge in [0.15, 0.2) is 0 Å². The number of hydrogen-bond donors (Lipinski definition) is 1. The van der Waals surface area contributed by atoms with E-state index in [2.05, 4.69) is 66.7 Å². The Labute approximate surface area is 208 Å². The van der Waals surface area contributed by atoms with Gasteiger partial charge in [0.2, 0.25) is 0 Å². The summed E-state index contributed by atoms with van der Waals surface area (Å²) in [6.45, 7) is 0. The predicted molar refractivity (Wildman–Crippen MR) is 150 cm³/mol. The molecule has 4 aromatic carbocycles. The van der Waals surface area contributed by atoms with Gasteiger partial charge in [0.1, 0.15) is 12.9 Å². The first kappa shape index (κ1) is 22.9. The zero-order valence-corrected chi connectivity index (χ0v) is 21.4. The zero-order valence-electron chi connectivity index (χ0n) is 20.5. The molecule has 6 rings (SSSR count). The quantitative estimate of drug-likeness (QED) is 0.295. The minimum atomic E-state index is -2.82. The van der Waals surface area contributed by atoms with E-state index in [0.717, 1.165) is 89.3 Å². The lowest BCUT2D eigenvalue weighted by atomic mass is 9.93. The highest BCUT2D eigenvalue weighted by Crippen LogP contribution is 2.64. The van der Waals surface area contributed by atoms with Crippen molar-refractivity contribution in [3.63, 3.8) is 0 Å². The second kappa shape index (κ2) is 9.47. The molecule has 0 unspecified atom stereocenters. The van der Waals surface area contributed by atoms with Crippen LogP contribution in [-0.4, -0.2) is 16.4 Å². The van der Waals surface area contributed by atoms with Crippen molar-refractivity contribution in [1.82, 2.24) is 0 Å². The van der Waals surface area contributed by atoms with Crippen LogP contribution in [0.25, 0.3) is 32.7 Å². The van der Waals surface area contributed by atoms with Crippen LogP contribution in [0.1, 0.15) is 64.2 Å². The van der Waals surface area contributed by atoms with Gasteiger partial charge in [-0.3, -0.25) is 0 Å². The summed E-state index contributed by atoms with van der Waals surface area (Å²) in [4.78, 5) is 0. The fraction of sp³-hybridized carbons (Fsp3) is 0.375. The number of hydrogen-bond acceptors (Lipinski definition) is 2. The van der Waals surface area contributed by atoms with Crippen LogP contribution in [0.5, 0.6) is 5.75 Å². The predicted octanol–water partition coefficient (Wildman–Crippen LogP) is 9.02. The fourth-order valence-corrected chi connectivity index (χ4v) is 11.4. The van der Waals surface area contributed by atoms with Crippen LogP contribution in [0.3, 0.4) is 0 Å². The Morgan fingerprint density at radius 3 is 1.83 bits per heavy atom. The minimum Gasteiger partial charge on any atom is -0.506 e. The molecule has 0 aliphatic heterocycles. The maximum atomic E-state index is 15.5. The normalized spacial score (nSPS) is 18.3. The molecule has 35 heavy (non-hydrogen) atoms. The van der Waals surface area contributed by atoms with Crippen molar-refractivity contribution in [3.8, 4) is 16.9 Å². The lowest BCUT2D eigenvalue weighted by Crippen LogP contribution is -2.30. The monoisotopic (exact) mass is 482 g/mol. The summed E-state index contributed by atoms with van der Waals surface area (Å²) in [5.74, 6) is 0.263. The van der Waals surface area contributed by atoms with E-state index in [1.54, 1.807) is 0 Å². The van der Waals surface area contributed by atoms with Gasteiger partial charge in [0, 0.05) is 16.9 Å². The average Bonchev–Trinajstić information content (AvgIpc) is 2.93. The SMILES string of the molecule is O=P(c1cc2ccccc2c(-c2cccc3ccccc23)c1O)(C1CCCCC1)C1CCCCC1. The van der Waals surface area contributed by atoms with Gasteiger partial charge >= 0.3 is 0 Å². The molecule has 2 aliphatic rings. The highest BCUT2D eigenvalue weighted by Gasteiger charge is 2.44. The largest absolute Gasteiger partial charge is 0.506 e. The minimum absolute atomic E-state index is 0.201. The molecule has 2 saturated carbocycles. The van der Waals surface area contributed by atoms with Crippen LogP contribution in [0, 0.1) is 0 Å². The molecule has 0 bridgehead atoms. The summed E-state index contributed by atoms with van der Waals surface area (Å²) < 4.78 is 15.5. The summed E-state index contributed by atoms with van der Waals surface area (Å²) in [6.07, 6.45) is 11.2. The van der Waals surface area contributed by atoms with Gasteiger partial charge in [0.05, 0.1) is 5.30 Å². The van der Waals surface area contributed by atoms with Gasteiger partial charge in [0.25, 0.3) is 0 Å². The first-order valence-corrected chi connectivity index (χ1v) is 15.4. The summed E-state index contributed by atoms with van der Waals surface area (Å²) in [7, 11) is -2.82. The molecular formula is C32H35O2P. The van der Waals surface area contributed by atoms with Crippen molar-refractivity contribution in [3.05, 3.63) is 72.8 Å². The van der Waals surface area contributed by atoms with Crippen LogP contribution < -0.4 is 5.30 Å². The molecule has 0 amide bonds. The molecule has 2 fully saturated rings. The number of phenols is 1. The number of fused-ring (bicyclic) bond motifs is 2. The molecule has 0 atom stereocenters. The summed E-state index contributed by atoms with van der Waals surface area (Å²) in [5.41, 5.74) is 2.28. The Balaban J connectivity index is 1.65. The number of rotatable bonds is 4. The van der Waals surface area contributed by atoms with E-state index < -0.39 is 7.14 Å². The first-order valence-electron chi connectivity index (χ1n) is 13.5. The zero-order chi connectivity index (χ0) is 23.8. The van der Waals surface area contributed by atoms with Gasteiger partial charge in [-0.1, -0.05) is 105 Å². The van der Waals surface area contributed by atoms with E-state index in [9.17, 15) is 5.11 Å². The summed E-state index contributed by atoms with van der Waals surface area (Å²) in [5, 5.41) is 17.3. The van der Waals surface area contributed by atoms with E-state index in [-0.39, 0.29) is 17.1 Å². The van der Waals surface area contributed by atoms with Crippen molar-refractivity contribution in [2.75, 3.05) is 0 Å². The molecule has 2 nitrogen and oxygen atoms in total. The smallest absolute Gasteiger partial charge is 0.134 e. The molecule has 0 spiro atoms. The lowest BCUT2D eigenvalue weighted by molar-refractivity contribution is 0.449. The maximum Gasteiger partial charge on any atom is 0.134 e. The van der Waals surface area contributed by atoms with E-state index in [1.807, 2.05) is 6.07 Å². The molecule has 180 valence electrons. The Morgan fingerprint density at radius 2 is 1.17 bits per heavy atom. The lowest BCUT2D eigenvalue weighted by Gasteiger charge is -2.39. The third-order valence-corrected chi connectivity index (χ3v) is 13.0. The van der Waals surface area contributed by atoms with E-state index in [0.29, 0.717) is 0 Å². The average molecular weight is 483 g/mol. The van der Waals surface area contributed by atoms with Crippen molar-refractivity contribution in [2.24, 2.45) is 0 Å². The highest BCUT2D eigenvalue weighted by atomic mass is 31.2. The maximum absolute atomic E-state index is 15.5. The second-order valence-corrected chi connectivity index (χ2v) is 14.0. The van der Waals surface area contributed by atoms with E-state index >= 15 is 4.57 Å². The highest BCUT2D eigenvalue weighted by molar-refractivity contribution is 7.73. The van der Waals surface area contributed by atoms with E-state index in [1.165, 1.54) is 12.8 Å². The Hall–Kier alpha value is -2.57. The van der Waals surface area contributed by atoms with Crippen molar-refractivity contribution in [2.45, 2.75) is 75.5 Å². The topological polar surface area (TPSA) is 37.3 Å². The number of phenolic OH excluding ortho intramolecular Hbond substituents is 1. The molecular weight excluding hydrogens is 447 g/mol. The third-order valence-electron chi connectivity index (χ3n) is 8.67. The van der Waals surface area contributed by atoms with Crippen LogP contribution >= 0.6 is 7.14 Å². The van der Waals surface area contributed by atoms with E-state index in [4.69, 9.17) is 0 Å². The Bertz CT molecular complexity index is 1380. The van der Waals surface area contributed by atoms with Gasteiger partial charge in [-0.2, -0.15) is 0 Å². The molecule has 0 radical (unpaired) electrons. The van der Waals surface area contributed by atoms with Gasteiger partial charge < -0.3 is 9.67 Å². The van der Waals surface area contributed by atoms with Gasteiger partial charge in [-0.15, -0.1) is 0 Å². The van der Waals surface area contributed by atoms with Crippen LogP contribution in [0.2, 0.25) is 0 Å². The standard InChI is InChI=1S/C32H35O2P/c33-32-30(35(34,25-15-3-1-4-16-25)26-17-5-2-6-18-26)22-24-13-8-10-20-28(24)31(32)29-21-11-14-23-12-7-9-19-27(23)29/h7-14,19-22,25-26,33H,1-6,15-18H2. The molecule has 2 aliphatic carbocycles. The van der Waals surface area contributed by atoms with Crippen LogP contribution in [0.15, 0.2) is 72.8 Å². The van der Waals surface area contributed by atoms with Crippen LogP contribution in [0.4, 0.5) is 0 Å². The molecule has 0 aromatic heterocycles.